The van der Waals surface area contributed by atoms with Crippen molar-refractivity contribution in [3.05, 3.63) is 53.9 Å². The van der Waals surface area contributed by atoms with E-state index in [1.165, 1.54) is 5.56 Å². The van der Waals surface area contributed by atoms with E-state index < -0.39 is 0 Å². The third-order valence-corrected chi connectivity index (χ3v) is 2.88. The molecule has 0 radical (unpaired) electrons. The van der Waals surface area contributed by atoms with E-state index >= 15 is 0 Å². The van der Waals surface area contributed by atoms with E-state index in [2.05, 4.69) is 29.1 Å². The van der Waals surface area contributed by atoms with Crippen LogP contribution in [0.5, 0.6) is 5.75 Å². The quantitative estimate of drug-likeness (QED) is 0.893. The summed E-state index contributed by atoms with van der Waals surface area (Å²) in [6.45, 7) is 1.64. The Labute approximate surface area is 113 Å². The third-order valence-electron chi connectivity index (χ3n) is 2.88. The molecule has 0 fully saturated rings. The van der Waals surface area contributed by atoms with Crippen LogP contribution in [0, 0.1) is 0 Å². The summed E-state index contributed by atoms with van der Waals surface area (Å²) in [5.74, 6) is 0.879. The number of rotatable bonds is 5. The molecule has 19 heavy (non-hydrogen) atoms. The molecule has 0 spiro atoms. The van der Waals surface area contributed by atoms with E-state index in [9.17, 15) is 0 Å². The predicted molar refractivity (Wildman–Crippen MR) is 76.8 cm³/mol. The summed E-state index contributed by atoms with van der Waals surface area (Å²) in [7, 11) is 3.74. The van der Waals surface area contributed by atoms with Crippen molar-refractivity contribution in [2.24, 2.45) is 0 Å². The number of methoxy groups -OCH3 is 1. The third kappa shape index (κ3) is 3.96. The van der Waals surface area contributed by atoms with Crippen molar-refractivity contribution >= 4 is 5.69 Å². The molecule has 0 aliphatic rings. The molecule has 100 valence electrons. The maximum atomic E-state index is 5.75. The van der Waals surface area contributed by atoms with E-state index in [1.54, 1.807) is 19.4 Å². The molecule has 2 N–H and O–H groups in total. The molecule has 0 amide bonds. The maximum Gasteiger partial charge on any atom is 0.118 e. The molecule has 1 heterocycles. The van der Waals surface area contributed by atoms with E-state index in [-0.39, 0.29) is 0 Å². The first-order valence-corrected chi connectivity index (χ1v) is 6.19. The van der Waals surface area contributed by atoms with Crippen LogP contribution in [0.1, 0.15) is 11.3 Å². The molecule has 4 heteroatoms. The molecule has 0 atom stereocenters. The second kappa shape index (κ2) is 6.20. The molecule has 0 saturated heterocycles. The monoisotopic (exact) mass is 257 g/mol. The number of nitrogens with zero attached hydrogens (tertiary/aromatic N) is 2. The van der Waals surface area contributed by atoms with Gasteiger partial charge >= 0.3 is 0 Å². The van der Waals surface area contributed by atoms with E-state index in [1.807, 2.05) is 18.2 Å². The smallest absolute Gasteiger partial charge is 0.118 e. The van der Waals surface area contributed by atoms with Crippen molar-refractivity contribution in [2.75, 3.05) is 19.9 Å². The van der Waals surface area contributed by atoms with Crippen LogP contribution in [0.3, 0.4) is 0 Å². The van der Waals surface area contributed by atoms with E-state index in [4.69, 9.17) is 10.5 Å². The van der Waals surface area contributed by atoms with Gasteiger partial charge in [-0.25, -0.2) is 0 Å². The second-order valence-electron chi connectivity index (χ2n) is 4.60. The Morgan fingerprint density at radius 2 is 1.89 bits per heavy atom. The zero-order chi connectivity index (χ0) is 13.7. The summed E-state index contributed by atoms with van der Waals surface area (Å²) in [6, 6.07) is 11.8. The zero-order valence-electron chi connectivity index (χ0n) is 11.3. The first-order valence-electron chi connectivity index (χ1n) is 6.19. The molecule has 1 aromatic carbocycles. The molecule has 0 aliphatic carbocycles. The van der Waals surface area contributed by atoms with E-state index in [0.29, 0.717) is 0 Å². The molecular formula is C15H19N3O. The lowest BCUT2D eigenvalue weighted by atomic mass is 10.2. The molecule has 0 aliphatic heterocycles. The van der Waals surface area contributed by atoms with Gasteiger partial charge in [-0.1, -0.05) is 12.1 Å². The van der Waals surface area contributed by atoms with Crippen LogP contribution in [-0.4, -0.2) is 24.0 Å². The van der Waals surface area contributed by atoms with Gasteiger partial charge < -0.3 is 10.5 Å². The van der Waals surface area contributed by atoms with Gasteiger partial charge in [0.2, 0.25) is 0 Å². The summed E-state index contributed by atoms with van der Waals surface area (Å²) < 4.78 is 5.15. The molecule has 2 aromatic rings. The highest BCUT2D eigenvalue weighted by molar-refractivity contribution is 5.37. The lowest BCUT2D eigenvalue weighted by Crippen LogP contribution is -2.18. The SMILES string of the molecule is COc1ccc(CN(C)Cc2cc(N)ccn2)cc1. The van der Waals surface area contributed by atoms with Crippen LogP contribution in [-0.2, 0) is 13.1 Å². The average molecular weight is 257 g/mol. The van der Waals surface area contributed by atoms with Crippen LogP contribution in [0.2, 0.25) is 0 Å². The van der Waals surface area contributed by atoms with Crippen molar-refractivity contribution in [3.63, 3.8) is 0 Å². The van der Waals surface area contributed by atoms with Gasteiger partial charge in [-0.3, -0.25) is 9.88 Å². The molecular weight excluding hydrogens is 238 g/mol. The van der Waals surface area contributed by atoms with Crippen LogP contribution >= 0.6 is 0 Å². The molecule has 4 nitrogen and oxygen atoms in total. The summed E-state index contributed by atoms with van der Waals surface area (Å²) in [4.78, 5) is 6.50. The van der Waals surface area contributed by atoms with Crippen molar-refractivity contribution < 1.29 is 4.74 Å². The minimum absolute atomic E-state index is 0.753. The Morgan fingerprint density at radius 1 is 1.16 bits per heavy atom. The van der Waals surface area contributed by atoms with Gasteiger partial charge in [-0.2, -0.15) is 0 Å². The Hall–Kier alpha value is -2.07. The number of ether oxygens (including phenoxy) is 1. The zero-order valence-corrected chi connectivity index (χ0v) is 11.3. The number of nitrogen functional groups attached to an aromatic ring is 1. The minimum Gasteiger partial charge on any atom is -0.497 e. The summed E-state index contributed by atoms with van der Waals surface area (Å²) in [6.07, 6.45) is 1.74. The minimum atomic E-state index is 0.753. The van der Waals surface area contributed by atoms with Gasteiger partial charge in [-0.05, 0) is 36.9 Å². The first-order chi connectivity index (χ1) is 9.17. The van der Waals surface area contributed by atoms with Gasteiger partial charge in [0.15, 0.2) is 0 Å². The fraction of sp³-hybridized carbons (Fsp3) is 0.267. The standard InChI is InChI=1S/C15H19N3O/c1-18(11-14-9-13(16)7-8-17-14)10-12-3-5-15(19-2)6-4-12/h3-9H,10-11H2,1-2H3,(H2,16,17). The van der Waals surface area contributed by atoms with Gasteiger partial charge in [0.05, 0.1) is 12.8 Å². The van der Waals surface area contributed by atoms with Crippen molar-refractivity contribution in [1.82, 2.24) is 9.88 Å². The number of aromatic nitrogens is 1. The Kier molecular flexibility index (Phi) is 4.36. The highest BCUT2D eigenvalue weighted by Gasteiger charge is 2.03. The second-order valence-corrected chi connectivity index (χ2v) is 4.60. The van der Waals surface area contributed by atoms with Crippen molar-refractivity contribution in [2.45, 2.75) is 13.1 Å². The largest absolute Gasteiger partial charge is 0.497 e. The lowest BCUT2D eigenvalue weighted by Gasteiger charge is -2.16. The number of pyridine rings is 1. The topological polar surface area (TPSA) is 51.4 Å². The molecule has 2 rings (SSSR count). The Morgan fingerprint density at radius 3 is 2.53 bits per heavy atom. The highest BCUT2D eigenvalue weighted by Crippen LogP contribution is 2.13. The maximum absolute atomic E-state index is 5.75. The van der Waals surface area contributed by atoms with Gasteiger partial charge in [0, 0.05) is 25.0 Å². The molecule has 0 bridgehead atoms. The van der Waals surface area contributed by atoms with Crippen molar-refractivity contribution in [3.8, 4) is 5.75 Å². The first kappa shape index (κ1) is 13.4. The number of nitrogens with two attached hydrogens (primary N) is 1. The molecule has 0 saturated carbocycles. The fourth-order valence-electron chi connectivity index (χ4n) is 1.96. The van der Waals surface area contributed by atoms with Crippen LogP contribution in [0.15, 0.2) is 42.6 Å². The van der Waals surface area contributed by atoms with Gasteiger partial charge in [0.25, 0.3) is 0 Å². The summed E-state index contributed by atoms with van der Waals surface area (Å²) >= 11 is 0. The number of hydrogen-bond donors (Lipinski definition) is 1. The van der Waals surface area contributed by atoms with Crippen LogP contribution in [0.25, 0.3) is 0 Å². The summed E-state index contributed by atoms with van der Waals surface area (Å²) in [5, 5.41) is 0. The van der Waals surface area contributed by atoms with Gasteiger partial charge in [-0.15, -0.1) is 0 Å². The number of hydrogen-bond acceptors (Lipinski definition) is 4. The molecule has 1 aromatic heterocycles. The highest BCUT2D eigenvalue weighted by atomic mass is 16.5. The van der Waals surface area contributed by atoms with Crippen molar-refractivity contribution in [1.29, 1.82) is 0 Å². The lowest BCUT2D eigenvalue weighted by molar-refractivity contribution is 0.315. The predicted octanol–water partition coefficient (Wildman–Crippen LogP) is 2.30. The summed E-state index contributed by atoms with van der Waals surface area (Å²) in [5.41, 5.74) is 8.72. The number of anilines is 1. The van der Waals surface area contributed by atoms with Crippen LogP contribution < -0.4 is 10.5 Å². The fourth-order valence-corrected chi connectivity index (χ4v) is 1.96. The Balaban J connectivity index is 1.95. The number of benzene rings is 1. The van der Waals surface area contributed by atoms with Crippen LogP contribution in [0.4, 0.5) is 5.69 Å². The normalized spacial score (nSPS) is 10.7. The molecule has 0 unspecified atom stereocenters. The van der Waals surface area contributed by atoms with E-state index in [0.717, 1.165) is 30.2 Å². The average Bonchev–Trinajstić information content (AvgIpc) is 2.39. The van der Waals surface area contributed by atoms with Gasteiger partial charge in [0.1, 0.15) is 5.75 Å². The Bertz CT molecular complexity index is 525.